The van der Waals surface area contributed by atoms with Crippen LogP contribution in [0.4, 0.5) is 0 Å². The second-order valence-electron chi connectivity index (χ2n) is 4.90. The molecule has 3 nitrogen and oxygen atoms in total. The van der Waals surface area contributed by atoms with Crippen LogP contribution in [0.3, 0.4) is 0 Å². The van der Waals surface area contributed by atoms with Crippen LogP contribution in [0.15, 0.2) is 54.6 Å². The number of ketones is 2. The minimum Gasteiger partial charge on any atom is -0.382 e. The molecule has 0 bridgehead atoms. The van der Waals surface area contributed by atoms with Gasteiger partial charge in [0.05, 0.1) is 0 Å². The summed E-state index contributed by atoms with van der Waals surface area (Å²) in [5, 5.41) is 0. The summed E-state index contributed by atoms with van der Waals surface area (Å²) in [6.07, 6.45) is 0. The van der Waals surface area contributed by atoms with Gasteiger partial charge in [-0.25, -0.2) is 0 Å². The van der Waals surface area contributed by atoms with Crippen LogP contribution >= 0.6 is 0 Å². The second-order valence-corrected chi connectivity index (χ2v) is 4.90. The lowest BCUT2D eigenvalue weighted by molar-refractivity contribution is 0.0890. The molecule has 0 amide bonds. The molecule has 0 atom stereocenters. The van der Waals surface area contributed by atoms with Gasteiger partial charge in [-0.2, -0.15) is 0 Å². The van der Waals surface area contributed by atoms with Gasteiger partial charge < -0.3 is 4.74 Å². The monoisotopic (exact) mass is 296 g/mol. The van der Waals surface area contributed by atoms with E-state index in [1.54, 1.807) is 24.3 Å². The van der Waals surface area contributed by atoms with Crippen molar-refractivity contribution in [1.29, 1.82) is 0 Å². The van der Waals surface area contributed by atoms with Crippen molar-refractivity contribution < 1.29 is 14.3 Å². The zero-order valence-corrected chi connectivity index (χ0v) is 12.9. The fourth-order valence-electron chi connectivity index (χ4n) is 2.50. The highest BCUT2D eigenvalue weighted by atomic mass is 16.5. The minimum absolute atomic E-state index is 0.0863. The normalized spacial score (nSPS) is 13.5. The molecule has 3 rings (SSSR count). The number of rotatable bonds is 3. The molecule has 2 aromatic carbocycles. The van der Waals surface area contributed by atoms with E-state index in [4.69, 9.17) is 4.74 Å². The van der Waals surface area contributed by atoms with Crippen LogP contribution < -0.4 is 0 Å². The zero-order valence-electron chi connectivity index (χ0n) is 12.9. The van der Waals surface area contributed by atoms with E-state index in [1.165, 1.54) is 0 Å². The average Bonchev–Trinajstić information content (AvgIpc) is 2.82. The zero-order chi connectivity index (χ0) is 15.9. The lowest BCUT2D eigenvalue weighted by atomic mass is 9.94. The van der Waals surface area contributed by atoms with Gasteiger partial charge in [0, 0.05) is 24.3 Å². The molecule has 0 radical (unpaired) electrons. The van der Waals surface area contributed by atoms with Crippen molar-refractivity contribution in [3.63, 3.8) is 0 Å². The van der Waals surface area contributed by atoms with Gasteiger partial charge in [0.2, 0.25) is 0 Å². The van der Waals surface area contributed by atoms with E-state index < -0.39 is 5.92 Å². The lowest BCUT2D eigenvalue weighted by Gasteiger charge is -2.05. The quantitative estimate of drug-likeness (QED) is 0.807. The number of benzene rings is 2. The molecular formula is C19H20O3. The van der Waals surface area contributed by atoms with Gasteiger partial charge in [-0.3, -0.25) is 9.59 Å². The first-order valence-corrected chi connectivity index (χ1v) is 7.50. The second kappa shape index (κ2) is 7.66. The maximum Gasteiger partial charge on any atom is 0.178 e. The van der Waals surface area contributed by atoms with Crippen LogP contribution in [0.2, 0.25) is 0 Å². The molecule has 0 aromatic heterocycles. The fraction of sp³-hybridized carbons (Fsp3) is 0.263. The fourth-order valence-corrected chi connectivity index (χ4v) is 2.50. The van der Waals surface area contributed by atoms with Crippen LogP contribution in [0.25, 0.3) is 0 Å². The largest absolute Gasteiger partial charge is 0.382 e. The molecule has 22 heavy (non-hydrogen) atoms. The predicted molar refractivity (Wildman–Crippen MR) is 86.5 cm³/mol. The summed E-state index contributed by atoms with van der Waals surface area (Å²) < 4.78 is 4.83. The summed E-state index contributed by atoms with van der Waals surface area (Å²) in [6.45, 7) is 5.67. The van der Waals surface area contributed by atoms with Crippen molar-refractivity contribution in [3.8, 4) is 0 Å². The lowest BCUT2D eigenvalue weighted by Crippen LogP contribution is -2.12. The van der Waals surface area contributed by atoms with Crippen molar-refractivity contribution in [2.24, 2.45) is 0 Å². The highest BCUT2D eigenvalue weighted by Crippen LogP contribution is 2.33. The maximum atomic E-state index is 12.2. The van der Waals surface area contributed by atoms with E-state index in [-0.39, 0.29) is 11.6 Å². The molecule has 3 heteroatoms. The Hall–Kier alpha value is -2.26. The van der Waals surface area contributed by atoms with Gasteiger partial charge in [0.1, 0.15) is 5.92 Å². The molecule has 0 N–H and O–H groups in total. The van der Waals surface area contributed by atoms with E-state index in [2.05, 4.69) is 0 Å². The van der Waals surface area contributed by atoms with Crippen molar-refractivity contribution in [2.75, 3.05) is 13.2 Å². The van der Waals surface area contributed by atoms with Crippen molar-refractivity contribution in [1.82, 2.24) is 0 Å². The van der Waals surface area contributed by atoms with E-state index in [9.17, 15) is 9.59 Å². The maximum absolute atomic E-state index is 12.2. The Balaban J connectivity index is 0.000000309. The Morgan fingerprint density at radius 1 is 0.773 bits per heavy atom. The third-order valence-corrected chi connectivity index (χ3v) is 3.52. The molecule has 0 saturated carbocycles. The Labute approximate surface area is 130 Å². The van der Waals surface area contributed by atoms with Crippen LogP contribution in [0.5, 0.6) is 0 Å². The summed E-state index contributed by atoms with van der Waals surface area (Å²) in [6, 6.07) is 16.2. The molecule has 1 aliphatic rings. The van der Waals surface area contributed by atoms with Crippen molar-refractivity contribution >= 4 is 11.6 Å². The summed E-state index contributed by atoms with van der Waals surface area (Å²) in [5.41, 5.74) is 1.87. The molecule has 0 unspecified atom stereocenters. The number of hydrogen-bond acceptors (Lipinski definition) is 3. The highest BCUT2D eigenvalue weighted by Gasteiger charge is 2.38. The topological polar surface area (TPSA) is 43.4 Å². The predicted octanol–water partition coefficient (Wildman–Crippen LogP) is 3.89. The summed E-state index contributed by atoms with van der Waals surface area (Å²) >= 11 is 0. The third-order valence-electron chi connectivity index (χ3n) is 3.52. The average molecular weight is 296 g/mol. The molecule has 114 valence electrons. The molecule has 0 heterocycles. The number of hydrogen-bond donors (Lipinski definition) is 0. The summed E-state index contributed by atoms with van der Waals surface area (Å²) in [7, 11) is 0. The van der Waals surface area contributed by atoms with Gasteiger partial charge in [-0.05, 0) is 19.4 Å². The van der Waals surface area contributed by atoms with E-state index in [0.717, 1.165) is 18.8 Å². The molecule has 0 saturated heterocycles. The number of carbonyl (C=O) groups excluding carboxylic acids is 2. The van der Waals surface area contributed by atoms with Gasteiger partial charge >= 0.3 is 0 Å². The Morgan fingerprint density at radius 3 is 1.64 bits per heavy atom. The summed E-state index contributed by atoms with van der Waals surface area (Å²) in [4.78, 5) is 24.4. The van der Waals surface area contributed by atoms with E-state index in [1.807, 2.05) is 44.2 Å². The number of ether oxygens (including phenoxy) is 1. The Bertz CT molecular complexity index is 610. The number of carbonyl (C=O) groups is 2. The van der Waals surface area contributed by atoms with Gasteiger partial charge in [0.15, 0.2) is 11.6 Å². The molecule has 1 aliphatic carbocycles. The van der Waals surface area contributed by atoms with Crippen molar-refractivity contribution in [3.05, 3.63) is 71.3 Å². The first kappa shape index (κ1) is 16.1. The van der Waals surface area contributed by atoms with Gasteiger partial charge in [-0.1, -0.05) is 54.6 Å². The van der Waals surface area contributed by atoms with E-state index in [0.29, 0.717) is 11.1 Å². The Morgan fingerprint density at radius 2 is 1.23 bits per heavy atom. The first-order chi connectivity index (χ1) is 10.7. The standard InChI is InChI=1S/C15H10O2.C4H10O/c16-14-11-8-4-5-9-12(11)15(17)13(14)10-6-2-1-3-7-10;1-3-5-4-2/h1-9,13H;3-4H2,1-2H3. The minimum atomic E-state index is -0.645. The third kappa shape index (κ3) is 3.31. The SMILES string of the molecule is CCOCC.O=C1c2ccccc2C(=O)C1c1ccccc1. The van der Waals surface area contributed by atoms with Gasteiger partial charge in [-0.15, -0.1) is 0 Å². The number of fused-ring (bicyclic) bond motifs is 1. The number of Topliss-reactive ketones (excluding diaryl/α,β-unsaturated/α-hetero) is 2. The molecule has 0 fully saturated rings. The first-order valence-electron chi connectivity index (χ1n) is 7.50. The van der Waals surface area contributed by atoms with Gasteiger partial charge in [0.25, 0.3) is 0 Å². The Kier molecular flexibility index (Phi) is 5.61. The molecular weight excluding hydrogens is 276 g/mol. The smallest absolute Gasteiger partial charge is 0.178 e. The van der Waals surface area contributed by atoms with Crippen LogP contribution in [-0.2, 0) is 4.74 Å². The van der Waals surface area contributed by atoms with Crippen LogP contribution in [-0.4, -0.2) is 24.8 Å². The molecule has 0 spiro atoms. The van der Waals surface area contributed by atoms with E-state index >= 15 is 0 Å². The van der Waals surface area contributed by atoms with Crippen molar-refractivity contribution in [2.45, 2.75) is 19.8 Å². The van der Waals surface area contributed by atoms with Crippen LogP contribution in [0.1, 0.15) is 46.0 Å². The molecule has 0 aliphatic heterocycles. The van der Waals surface area contributed by atoms with Crippen LogP contribution in [0, 0.1) is 0 Å². The molecule has 2 aromatic rings. The highest BCUT2D eigenvalue weighted by molar-refractivity contribution is 6.29. The summed E-state index contributed by atoms with van der Waals surface area (Å²) in [5.74, 6) is -0.817.